The average molecular weight is 200 g/mol. The molecule has 82 valence electrons. The summed E-state index contributed by atoms with van der Waals surface area (Å²) in [5.41, 5.74) is 4.95. The lowest BCUT2D eigenvalue weighted by Gasteiger charge is -2.33. The van der Waals surface area contributed by atoms with Crippen molar-refractivity contribution in [3.63, 3.8) is 0 Å². The van der Waals surface area contributed by atoms with Gasteiger partial charge in [0.15, 0.2) is 0 Å². The van der Waals surface area contributed by atoms with Gasteiger partial charge in [-0.05, 0) is 26.7 Å². The minimum absolute atomic E-state index is 0.225. The van der Waals surface area contributed by atoms with Crippen LogP contribution in [0.4, 0.5) is 0 Å². The van der Waals surface area contributed by atoms with Crippen LogP contribution in [0.5, 0.6) is 0 Å². The number of ether oxygens (including phenoxy) is 1. The Morgan fingerprint density at radius 3 is 2.86 bits per heavy atom. The van der Waals surface area contributed by atoms with Crippen molar-refractivity contribution in [2.24, 2.45) is 5.73 Å². The molecule has 4 nitrogen and oxygen atoms in total. The van der Waals surface area contributed by atoms with Crippen LogP contribution in [0.1, 0.15) is 33.1 Å². The number of hydrogen-bond acceptors (Lipinski definition) is 3. The van der Waals surface area contributed by atoms with Gasteiger partial charge in [-0.3, -0.25) is 4.79 Å². The Morgan fingerprint density at radius 1 is 1.64 bits per heavy atom. The fraction of sp³-hybridized carbons (Fsp3) is 0.900. The number of rotatable bonds is 4. The fourth-order valence-electron chi connectivity index (χ4n) is 1.89. The fourth-order valence-corrected chi connectivity index (χ4v) is 1.89. The molecule has 0 aromatic carbocycles. The molecule has 14 heavy (non-hydrogen) atoms. The minimum Gasteiger partial charge on any atom is -0.380 e. The molecular weight excluding hydrogens is 180 g/mol. The number of carbonyl (C=O) groups is 1. The Bertz CT molecular complexity index is 198. The van der Waals surface area contributed by atoms with E-state index in [0.29, 0.717) is 12.5 Å². The summed E-state index contributed by atoms with van der Waals surface area (Å²) >= 11 is 0. The molecule has 0 saturated carbocycles. The van der Waals surface area contributed by atoms with E-state index < -0.39 is 0 Å². The lowest BCUT2D eigenvalue weighted by atomic mass is 9.97. The Hall–Kier alpha value is -0.610. The highest BCUT2D eigenvalue weighted by Gasteiger charge is 2.25. The van der Waals surface area contributed by atoms with E-state index in [1.165, 1.54) is 0 Å². The molecule has 4 heteroatoms. The second-order valence-corrected chi connectivity index (χ2v) is 4.59. The highest BCUT2D eigenvalue weighted by Crippen LogP contribution is 2.13. The van der Waals surface area contributed by atoms with Crippen molar-refractivity contribution in [2.45, 2.75) is 44.7 Å². The third-order valence-electron chi connectivity index (χ3n) is 2.37. The van der Waals surface area contributed by atoms with Gasteiger partial charge in [-0.2, -0.15) is 0 Å². The summed E-state index contributed by atoms with van der Waals surface area (Å²) in [5, 5.41) is 3.40. The summed E-state index contributed by atoms with van der Waals surface area (Å²) in [6.45, 7) is 5.58. The number of primary amides is 1. The van der Waals surface area contributed by atoms with E-state index in [-0.39, 0.29) is 11.4 Å². The molecule has 1 unspecified atom stereocenters. The lowest BCUT2D eigenvalue weighted by molar-refractivity contribution is -0.119. The maximum Gasteiger partial charge on any atom is 0.219 e. The first kappa shape index (κ1) is 11.5. The Balaban J connectivity index is 2.36. The number of hydrogen-bond donors (Lipinski definition) is 2. The zero-order valence-electron chi connectivity index (χ0n) is 9.01. The second-order valence-electron chi connectivity index (χ2n) is 4.59. The van der Waals surface area contributed by atoms with Crippen LogP contribution in [0, 0.1) is 0 Å². The summed E-state index contributed by atoms with van der Waals surface area (Å²) in [4.78, 5) is 10.8. The lowest BCUT2D eigenvalue weighted by Crippen LogP contribution is -2.50. The van der Waals surface area contributed by atoms with Crippen molar-refractivity contribution in [3.05, 3.63) is 0 Å². The minimum atomic E-state index is -0.265. The van der Waals surface area contributed by atoms with E-state index >= 15 is 0 Å². The summed E-state index contributed by atoms with van der Waals surface area (Å²) < 4.78 is 5.35. The molecule has 1 rings (SSSR count). The molecule has 1 fully saturated rings. The van der Waals surface area contributed by atoms with Crippen LogP contribution in [0.2, 0.25) is 0 Å². The van der Waals surface area contributed by atoms with Gasteiger partial charge < -0.3 is 15.8 Å². The van der Waals surface area contributed by atoms with Gasteiger partial charge in [0.1, 0.15) is 0 Å². The predicted molar refractivity (Wildman–Crippen MR) is 54.9 cm³/mol. The van der Waals surface area contributed by atoms with E-state index in [1.807, 2.05) is 13.8 Å². The number of amides is 1. The molecule has 0 radical (unpaired) electrons. The number of nitrogens with one attached hydrogen (secondary N) is 1. The van der Waals surface area contributed by atoms with Crippen molar-refractivity contribution >= 4 is 5.91 Å². The monoisotopic (exact) mass is 200 g/mol. The van der Waals surface area contributed by atoms with Crippen molar-refractivity contribution < 1.29 is 9.53 Å². The zero-order chi connectivity index (χ0) is 10.6. The molecule has 1 amide bonds. The Kier molecular flexibility index (Phi) is 3.89. The third kappa shape index (κ3) is 4.07. The standard InChI is InChI=1S/C10H20N2O2/c1-10(2,6-9(11)13)12-8-4-3-5-14-7-8/h8,12H,3-7H2,1-2H3,(H2,11,13). The molecule has 0 aromatic heterocycles. The van der Waals surface area contributed by atoms with Gasteiger partial charge in [0, 0.05) is 24.6 Å². The zero-order valence-corrected chi connectivity index (χ0v) is 9.01. The molecule has 0 aromatic rings. The predicted octanol–water partition coefficient (Wildman–Crippen LogP) is 0.409. The topological polar surface area (TPSA) is 64.4 Å². The summed E-state index contributed by atoms with van der Waals surface area (Å²) in [7, 11) is 0. The van der Waals surface area contributed by atoms with E-state index in [4.69, 9.17) is 10.5 Å². The summed E-state index contributed by atoms with van der Waals surface area (Å²) in [6.07, 6.45) is 2.57. The molecule has 0 bridgehead atoms. The molecule has 3 N–H and O–H groups in total. The van der Waals surface area contributed by atoms with Gasteiger partial charge in [-0.15, -0.1) is 0 Å². The number of nitrogens with two attached hydrogens (primary N) is 1. The maximum absolute atomic E-state index is 10.8. The Morgan fingerprint density at radius 2 is 2.36 bits per heavy atom. The molecule has 1 saturated heterocycles. The van der Waals surface area contributed by atoms with Crippen molar-refractivity contribution in [1.82, 2.24) is 5.32 Å². The SMILES string of the molecule is CC(C)(CC(N)=O)NC1CCCOC1. The van der Waals surface area contributed by atoms with Crippen molar-refractivity contribution in [2.75, 3.05) is 13.2 Å². The Labute approximate surface area is 85.2 Å². The van der Waals surface area contributed by atoms with Gasteiger partial charge in [0.2, 0.25) is 5.91 Å². The smallest absolute Gasteiger partial charge is 0.219 e. The first-order valence-corrected chi connectivity index (χ1v) is 5.13. The van der Waals surface area contributed by atoms with E-state index in [9.17, 15) is 4.79 Å². The van der Waals surface area contributed by atoms with E-state index in [0.717, 1.165) is 26.1 Å². The molecule has 1 aliphatic rings. The van der Waals surface area contributed by atoms with Crippen LogP contribution in [0.15, 0.2) is 0 Å². The van der Waals surface area contributed by atoms with Crippen LogP contribution in [0.25, 0.3) is 0 Å². The van der Waals surface area contributed by atoms with E-state index in [2.05, 4.69) is 5.32 Å². The highest BCUT2D eigenvalue weighted by atomic mass is 16.5. The van der Waals surface area contributed by atoms with Crippen LogP contribution in [-0.2, 0) is 9.53 Å². The molecule has 1 atom stereocenters. The third-order valence-corrected chi connectivity index (χ3v) is 2.37. The first-order valence-electron chi connectivity index (χ1n) is 5.13. The summed E-state index contributed by atoms with van der Waals surface area (Å²) in [6, 6.07) is 0.359. The van der Waals surface area contributed by atoms with Gasteiger partial charge in [0.25, 0.3) is 0 Å². The maximum atomic E-state index is 10.8. The normalized spacial score (nSPS) is 23.4. The van der Waals surface area contributed by atoms with Crippen LogP contribution in [-0.4, -0.2) is 30.7 Å². The van der Waals surface area contributed by atoms with Gasteiger partial charge in [-0.25, -0.2) is 0 Å². The molecule has 1 heterocycles. The van der Waals surface area contributed by atoms with Crippen molar-refractivity contribution in [1.29, 1.82) is 0 Å². The molecule has 0 spiro atoms. The second kappa shape index (κ2) is 4.75. The van der Waals surface area contributed by atoms with Crippen LogP contribution < -0.4 is 11.1 Å². The van der Waals surface area contributed by atoms with Crippen LogP contribution in [0.3, 0.4) is 0 Å². The average Bonchev–Trinajstić information content (AvgIpc) is 2.02. The molecule has 1 aliphatic heterocycles. The number of carbonyl (C=O) groups excluding carboxylic acids is 1. The first-order chi connectivity index (χ1) is 6.49. The molecular formula is C10H20N2O2. The van der Waals surface area contributed by atoms with Gasteiger partial charge in [-0.1, -0.05) is 0 Å². The van der Waals surface area contributed by atoms with Crippen LogP contribution >= 0.6 is 0 Å². The van der Waals surface area contributed by atoms with Gasteiger partial charge in [0.05, 0.1) is 6.61 Å². The highest BCUT2D eigenvalue weighted by molar-refractivity contribution is 5.75. The summed E-state index contributed by atoms with van der Waals surface area (Å²) in [5.74, 6) is -0.265. The largest absolute Gasteiger partial charge is 0.380 e. The van der Waals surface area contributed by atoms with Crippen molar-refractivity contribution in [3.8, 4) is 0 Å². The quantitative estimate of drug-likeness (QED) is 0.691. The van der Waals surface area contributed by atoms with E-state index in [1.54, 1.807) is 0 Å². The molecule has 0 aliphatic carbocycles. The van der Waals surface area contributed by atoms with Gasteiger partial charge >= 0.3 is 0 Å².